The number of hydrogen-bond acceptors (Lipinski definition) is 3. The molecule has 130 valence electrons. The Kier molecular flexibility index (Phi) is 5.36. The number of anilines is 1. The summed E-state index contributed by atoms with van der Waals surface area (Å²) in [5.41, 5.74) is 2.81. The van der Waals surface area contributed by atoms with Crippen LogP contribution in [0.1, 0.15) is 5.56 Å². The third-order valence-electron chi connectivity index (χ3n) is 3.97. The van der Waals surface area contributed by atoms with Gasteiger partial charge in [-0.3, -0.25) is 4.79 Å². The molecule has 25 heavy (non-hydrogen) atoms. The number of aromatic nitrogens is 1. The van der Waals surface area contributed by atoms with Crippen LogP contribution in [-0.2, 0) is 11.2 Å². The van der Waals surface area contributed by atoms with Crippen molar-refractivity contribution in [3.8, 4) is 5.75 Å². The fraction of sp³-hybridized carbons (Fsp3) is 0.250. The van der Waals surface area contributed by atoms with E-state index < -0.39 is 0 Å². The third-order valence-corrected chi connectivity index (χ3v) is 3.97. The zero-order chi connectivity index (χ0) is 17.6. The predicted molar refractivity (Wildman–Crippen MR) is 101 cm³/mol. The molecule has 5 heteroatoms. The molecular formula is C20H23N3O2. The SMILES string of the molecule is CN(C)CCOc1ccc(NC(=O)Cc2c[nH]c3ccccc23)cc1. The van der Waals surface area contributed by atoms with E-state index in [4.69, 9.17) is 4.74 Å². The lowest BCUT2D eigenvalue weighted by molar-refractivity contribution is -0.115. The molecule has 0 spiro atoms. The van der Waals surface area contributed by atoms with Gasteiger partial charge in [0.2, 0.25) is 5.91 Å². The monoisotopic (exact) mass is 337 g/mol. The molecule has 0 radical (unpaired) electrons. The molecule has 0 aliphatic heterocycles. The fourth-order valence-electron chi connectivity index (χ4n) is 2.64. The Morgan fingerprint density at radius 3 is 2.64 bits per heavy atom. The molecule has 1 heterocycles. The van der Waals surface area contributed by atoms with Crippen LogP contribution in [0.25, 0.3) is 10.9 Å². The van der Waals surface area contributed by atoms with Crippen LogP contribution in [0.15, 0.2) is 54.7 Å². The Hall–Kier alpha value is -2.79. The highest BCUT2D eigenvalue weighted by atomic mass is 16.5. The van der Waals surface area contributed by atoms with Gasteiger partial charge < -0.3 is 19.9 Å². The van der Waals surface area contributed by atoms with Crippen LogP contribution >= 0.6 is 0 Å². The number of likely N-dealkylation sites (N-methyl/N-ethyl adjacent to an activating group) is 1. The first-order valence-corrected chi connectivity index (χ1v) is 8.34. The fourth-order valence-corrected chi connectivity index (χ4v) is 2.64. The summed E-state index contributed by atoms with van der Waals surface area (Å²) in [6.07, 6.45) is 2.23. The number of para-hydroxylation sites is 1. The smallest absolute Gasteiger partial charge is 0.228 e. The maximum Gasteiger partial charge on any atom is 0.228 e. The molecule has 0 bridgehead atoms. The molecule has 0 saturated carbocycles. The van der Waals surface area contributed by atoms with Crippen molar-refractivity contribution in [3.63, 3.8) is 0 Å². The number of benzene rings is 2. The summed E-state index contributed by atoms with van der Waals surface area (Å²) in [6, 6.07) is 15.4. The Labute approximate surface area is 147 Å². The summed E-state index contributed by atoms with van der Waals surface area (Å²) in [5.74, 6) is 0.766. The maximum atomic E-state index is 12.3. The van der Waals surface area contributed by atoms with Crippen molar-refractivity contribution >= 4 is 22.5 Å². The quantitative estimate of drug-likeness (QED) is 0.695. The minimum atomic E-state index is -0.0361. The third kappa shape index (κ3) is 4.61. The van der Waals surface area contributed by atoms with Gasteiger partial charge in [0.25, 0.3) is 0 Å². The van der Waals surface area contributed by atoms with Gasteiger partial charge in [-0.05, 0) is 50.0 Å². The number of carbonyl (C=O) groups is 1. The number of hydrogen-bond donors (Lipinski definition) is 2. The number of nitrogens with zero attached hydrogens (tertiary/aromatic N) is 1. The van der Waals surface area contributed by atoms with Crippen molar-refractivity contribution in [1.82, 2.24) is 9.88 Å². The average Bonchev–Trinajstić information content (AvgIpc) is 2.99. The van der Waals surface area contributed by atoms with Gasteiger partial charge in [-0.25, -0.2) is 0 Å². The first-order chi connectivity index (χ1) is 12.1. The molecule has 1 aromatic heterocycles. The van der Waals surface area contributed by atoms with Gasteiger partial charge in [0.15, 0.2) is 0 Å². The number of carbonyl (C=O) groups excluding carboxylic acids is 1. The number of amides is 1. The molecule has 0 unspecified atom stereocenters. The zero-order valence-corrected chi connectivity index (χ0v) is 14.6. The first kappa shape index (κ1) is 17.0. The van der Waals surface area contributed by atoms with Gasteiger partial charge >= 0.3 is 0 Å². The molecule has 0 atom stereocenters. The molecule has 0 saturated heterocycles. The second kappa shape index (κ2) is 7.85. The normalized spacial score (nSPS) is 11.0. The summed E-state index contributed by atoms with van der Waals surface area (Å²) in [6.45, 7) is 1.50. The maximum absolute atomic E-state index is 12.3. The Morgan fingerprint density at radius 1 is 1.12 bits per heavy atom. The van der Waals surface area contributed by atoms with E-state index in [2.05, 4.69) is 15.2 Å². The van der Waals surface area contributed by atoms with E-state index in [0.717, 1.165) is 34.4 Å². The highest BCUT2D eigenvalue weighted by Gasteiger charge is 2.09. The minimum Gasteiger partial charge on any atom is -0.492 e. The van der Waals surface area contributed by atoms with Gasteiger partial charge in [0, 0.05) is 29.3 Å². The second-order valence-electron chi connectivity index (χ2n) is 6.26. The Bertz CT molecular complexity index is 838. The van der Waals surface area contributed by atoms with Gasteiger partial charge in [-0.1, -0.05) is 18.2 Å². The van der Waals surface area contributed by atoms with Crippen LogP contribution < -0.4 is 10.1 Å². The lowest BCUT2D eigenvalue weighted by Crippen LogP contribution is -2.19. The van der Waals surface area contributed by atoms with Gasteiger partial charge in [-0.15, -0.1) is 0 Å². The Morgan fingerprint density at radius 2 is 1.88 bits per heavy atom. The van der Waals surface area contributed by atoms with E-state index >= 15 is 0 Å². The first-order valence-electron chi connectivity index (χ1n) is 8.34. The van der Waals surface area contributed by atoms with Crippen molar-refractivity contribution in [3.05, 3.63) is 60.3 Å². The van der Waals surface area contributed by atoms with Gasteiger partial charge in [0.05, 0.1) is 6.42 Å². The number of nitrogens with one attached hydrogen (secondary N) is 2. The number of fused-ring (bicyclic) bond motifs is 1. The van der Waals surface area contributed by atoms with Crippen molar-refractivity contribution in [2.24, 2.45) is 0 Å². The minimum absolute atomic E-state index is 0.0361. The number of aromatic amines is 1. The summed E-state index contributed by atoms with van der Waals surface area (Å²) in [4.78, 5) is 17.6. The molecule has 3 aromatic rings. The molecule has 3 rings (SSSR count). The molecule has 5 nitrogen and oxygen atoms in total. The highest BCUT2D eigenvalue weighted by molar-refractivity contribution is 5.95. The summed E-state index contributed by atoms with van der Waals surface area (Å²) in [5, 5.41) is 4.02. The van der Waals surface area contributed by atoms with Crippen molar-refractivity contribution < 1.29 is 9.53 Å². The topological polar surface area (TPSA) is 57.4 Å². The lowest BCUT2D eigenvalue weighted by Gasteiger charge is -2.11. The molecule has 2 N–H and O–H groups in total. The van der Waals surface area contributed by atoms with E-state index in [9.17, 15) is 4.79 Å². The van der Waals surface area contributed by atoms with Crippen molar-refractivity contribution in [2.45, 2.75) is 6.42 Å². The summed E-state index contributed by atoms with van der Waals surface area (Å²) in [7, 11) is 4.02. The van der Waals surface area contributed by atoms with Crippen LogP contribution in [-0.4, -0.2) is 43.0 Å². The number of ether oxygens (including phenoxy) is 1. The number of rotatable bonds is 7. The van der Waals surface area contributed by atoms with Crippen LogP contribution in [0, 0.1) is 0 Å². The molecular weight excluding hydrogens is 314 g/mol. The molecule has 1 amide bonds. The summed E-state index contributed by atoms with van der Waals surface area (Å²) >= 11 is 0. The van der Waals surface area contributed by atoms with E-state index in [1.165, 1.54) is 0 Å². The lowest BCUT2D eigenvalue weighted by atomic mass is 10.1. The van der Waals surface area contributed by atoms with Crippen molar-refractivity contribution in [1.29, 1.82) is 0 Å². The second-order valence-corrected chi connectivity index (χ2v) is 6.26. The zero-order valence-electron chi connectivity index (χ0n) is 14.6. The predicted octanol–water partition coefficient (Wildman–Crippen LogP) is 3.29. The van der Waals surface area contributed by atoms with Crippen LogP contribution in [0.2, 0.25) is 0 Å². The standard InChI is InChI=1S/C20H23N3O2/c1-23(2)11-12-25-17-9-7-16(8-10-17)22-20(24)13-15-14-21-19-6-4-3-5-18(15)19/h3-10,14,21H,11-13H2,1-2H3,(H,22,24). The highest BCUT2D eigenvalue weighted by Crippen LogP contribution is 2.19. The van der Waals surface area contributed by atoms with Gasteiger partial charge in [0.1, 0.15) is 12.4 Å². The van der Waals surface area contributed by atoms with Crippen molar-refractivity contribution in [2.75, 3.05) is 32.6 Å². The van der Waals surface area contributed by atoms with E-state index in [1.807, 2.05) is 68.8 Å². The Balaban J connectivity index is 1.56. The largest absolute Gasteiger partial charge is 0.492 e. The molecule has 0 aliphatic rings. The van der Waals surface area contributed by atoms with E-state index in [0.29, 0.717) is 13.0 Å². The van der Waals surface area contributed by atoms with Crippen LogP contribution in [0.3, 0.4) is 0 Å². The average molecular weight is 337 g/mol. The van der Waals surface area contributed by atoms with Crippen LogP contribution in [0.5, 0.6) is 5.75 Å². The molecule has 0 fully saturated rings. The van der Waals surface area contributed by atoms with E-state index in [-0.39, 0.29) is 5.91 Å². The van der Waals surface area contributed by atoms with E-state index in [1.54, 1.807) is 0 Å². The van der Waals surface area contributed by atoms with Crippen LogP contribution in [0.4, 0.5) is 5.69 Å². The summed E-state index contributed by atoms with van der Waals surface area (Å²) < 4.78 is 5.65. The number of H-pyrrole nitrogens is 1. The molecule has 2 aromatic carbocycles. The van der Waals surface area contributed by atoms with Gasteiger partial charge in [-0.2, -0.15) is 0 Å². The molecule has 0 aliphatic carbocycles.